The number of rotatable bonds is 16. The van der Waals surface area contributed by atoms with E-state index in [1.54, 1.807) is 0 Å². The smallest absolute Gasteiger partial charge is 0.259 e. The van der Waals surface area contributed by atoms with E-state index < -0.39 is 0 Å². The predicted octanol–water partition coefficient (Wildman–Crippen LogP) is 6.74. The quantitative estimate of drug-likeness (QED) is 0.293. The van der Waals surface area contributed by atoms with E-state index in [4.69, 9.17) is 10.5 Å². The molecular weight excluding hydrogens is 384 g/mol. The number of carbonyl (C=O) groups is 1. The second kappa shape index (κ2) is 15.5. The van der Waals surface area contributed by atoms with Crippen LogP contribution in [0.25, 0.3) is 0 Å². The molecule has 0 atom stereocenters. The minimum Gasteiger partial charge on any atom is -0.493 e. The highest BCUT2D eigenvalue weighted by Gasteiger charge is 2.12. The molecule has 0 bridgehead atoms. The molecule has 0 aliphatic heterocycles. The Labute approximate surface area is 188 Å². The maximum absolute atomic E-state index is 12.7. The number of anilines is 1. The lowest BCUT2D eigenvalue weighted by Crippen LogP contribution is -2.14. The van der Waals surface area contributed by atoms with Crippen molar-refractivity contribution in [2.24, 2.45) is 5.73 Å². The Morgan fingerprint density at radius 1 is 0.839 bits per heavy atom. The highest BCUT2D eigenvalue weighted by Crippen LogP contribution is 2.21. The fourth-order valence-corrected chi connectivity index (χ4v) is 3.67. The summed E-state index contributed by atoms with van der Waals surface area (Å²) < 4.78 is 5.94. The van der Waals surface area contributed by atoms with Crippen molar-refractivity contribution in [1.29, 1.82) is 0 Å². The lowest BCUT2D eigenvalue weighted by molar-refractivity contribution is 0.102. The van der Waals surface area contributed by atoms with Crippen LogP contribution in [0, 0.1) is 0 Å². The van der Waals surface area contributed by atoms with Gasteiger partial charge in [0, 0.05) is 5.69 Å². The molecule has 2 rings (SSSR count). The van der Waals surface area contributed by atoms with Gasteiger partial charge in [-0.1, -0.05) is 89.0 Å². The number of para-hydroxylation sites is 1. The average Bonchev–Trinajstić information content (AvgIpc) is 2.79. The van der Waals surface area contributed by atoms with E-state index in [2.05, 4.69) is 12.2 Å². The van der Waals surface area contributed by atoms with E-state index in [0.717, 1.165) is 18.5 Å². The summed E-state index contributed by atoms with van der Waals surface area (Å²) in [6.45, 7) is 3.53. The molecule has 31 heavy (non-hydrogen) atoms. The summed E-state index contributed by atoms with van der Waals surface area (Å²) in [5, 5.41) is 2.96. The van der Waals surface area contributed by atoms with Gasteiger partial charge in [-0.05, 0) is 49.2 Å². The first-order chi connectivity index (χ1) is 15.2. The second-order valence-corrected chi connectivity index (χ2v) is 8.22. The molecule has 0 heterocycles. The fraction of sp³-hybridized carbons (Fsp3) is 0.519. The van der Waals surface area contributed by atoms with Crippen molar-refractivity contribution in [3.63, 3.8) is 0 Å². The van der Waals surface area contributed by atoms with Gasteiger partial charge >= 0.3 is 0 Å². The predicted molar refractivity (Wildman–Crippen MR) is 131 cm³/mol. The van der Waals surface area contributed by atoms with Gasteiger partial charge in [-0.15, -0.1) is 0 Å². The van der Waals surface area contributed by atoms with Gasteiger partial charge in [0.25, 0.3) is 5.91 Å². The topological polar surface area (TPSA) is 64.3 Å². The third kappa shape index (κ3) is 10.0. The van der Waals surface area contributed by atoms with Crippen LogP contribution in [-0.4, -0.2) is 19.1 Å². The number of amides is 1. The van der Waals surface area contributed by atoms with E-state index in [1.807, 2.05) is 48.5 Å². The van der Waals surface area contributed by atoms with Gasteiger partial charge in [-0.3, -0.25) is 4.79 Å². The first kappa shape index (κ1) is 24.9. The third-order valence-electron chi connectivity index (χ3n) is 5.53. The van der Waals surface area contributed by atoms with Crippen molar-refractivity contribution < 1.29 is 9.53 Å². The summed E-state index contributed by atoms with van der Waals surface area (Å²) in [6, 6.07) is 15.3. The van der Waals surface area contributed by atoms with Gasteiger partial charge in [0.05, 0.1) is 12.2 Å². The molecule has 0 aliphatic rings. The van der Waals surface area contributed by atoms with Crippen LogP contribution >= 0.6 is 0 Å². The summed E-state index contributed by atoms with van der Waals surface area (Å²) >= 11 is 0. The van der Waals surface area contributed by atoms with Gasteiger partial charge in [0.1, 0.15) is 5.75 Å². The normalized spacial score (nSPS) is 10.8. The molecular formula is C27H40N2O2. The van der Waals surface area contributed by atoms with Crippen molar-refractivity contribution in [3.05, 3.63) is 59.7 Å². The maximum atomic E-state index is 12.7. The largest absolute Gasteiger partial charge is 0.493 e. The number of ether oxygens (including phenoxy) is 1. The number of hydrogen-bond acceptors (Lipinski definition) is 3. The molecule has 0 radical (unpaired) electrons. The Morgan fingerprint density at radius 2 is 1.45 bits per heavy atom. The molecule has 0 spiro atoms. The van der Waals surface area contributed by atoms with Crippen LogP contribution < -0.4 is 15.8 Å². The van der Waals surface area contributed by atoms with Gasteiger partial charge in [-0.25, -0.2) is 0 Å². The van der Waals surface area contributed by atoms with Crippen LogP contribution in [0.1, 0.15) is 87.1 Å². The van der Waals surface area contributed by atoms with E-state index >= 15 is 0 Å². The summed E-state index contributed by atoms with van der Waals surface area (Å²) in [4.78, 5) is 12.7. The highest BCUT2D eigenvalue weighted by molar-refractivity contribution is 6.06. The third-order valence-corrected chi connectivity index (χ3v) is 5.53. The first-order valence-corrected chi connectivity index (χ1v) is 12.1. The van der Waals surface area contributed by atoms with Crippen LogP contribution in [0.2, 0.25) is 0 Å². The maximum Gasteiger partial charge on any atom is 0.259 e. The van der Waals surface area contributed by atoms with E-state index in [9.17, 15) is 4.79 Å². The number of nitrogens with one attached hydrogen (secondary N) is 1. The number of carbonyl (C=O) groups excluding carboxylic acids is 1. The molecule has 0 aliphatic carbocycles. The molecule has 0 unspecified atom stereocenters. The zero-order valence-electron chi connectivity index (χ0n) is 19.2. The Balaban J connectivity index is 1.69. The molecule has 2 aromatic rings. The molecule has 170 valence electrons. The van der Waals surface area contributed by atoms with Crippen molar-refractivity contribution in [2.45, 2.75) is 77.6 Å². The Morgan fingerprint density at radius 3 is 2.10 bits per heavy atom. The Bertz CT molecular complexity index is 743. The van der Waals surface area contributed by atoms with E-state index in [1.165, 1.54) is 63.4 Å². The highest BCUT2D eigenvalue weighted by atomic mass is 16.5. The van der Waals surface area contributed by atoms with Gasteiger partial charge in [-0.2, -0.15) is 0 Å². The standard InChI is InChI=1S/C27H40N2O2/c1-2-3-4-5-6-7-8-9-10-13-22-31-26-15-12-11-14-25(26)27(30)29-24-18-16-23(17-19-24)20-21-28/h11-12,14-19H,2-10,13,20-22,28H2,1H3,(H,29,30). The molecule has 0 saturated carbocycles. The van der Waals surface area contributed by atoms with E-state index in [-0.39, 0.29) is 5.91 Å². The van der Waals surface area contributed by atoms with Crippen molar-refractivity contribution in [2.75, 3.05) is 18.5 Å². The van der Waals surface area contributed by atoms with Crippen LogP contribution in [0.3, 0.4) is 0 Å². The van der Waals surface area contributed by atoms with Gasteiger partial charge in [0.2, 0.25) is 0 Å². The number of hydrogen-bond donors (Lipinski definition) is 2. The van der Waals surface area contributed by atoms with Gasteiger partial charge in [0.15, 0.2) is 0 Å². The molecule has 0 fully saturated rings. The van der Waals surface area contributed by atoms with Crippen LogP contribution in [0.4, 0.5) is 5.69 Å². The zero-order chi connectivity index (χ0) is 22.2. The van der Waals surface area contributed by atoms with Crippen molar-refractivity contribution in [1.82, 2.24) is 0 Å². The summed E-state index contributed by atoms with van der Waals surface area (Å²) in [5.41, 5.74) is 8.10. The molecule has 1 amide bonds. The SMILES string of the molecule is CCCCCCCCCCCCOc1ccccc1C(=O)Nc1ccc(CCN)cc1. The minimum absolute atomic E-state index is 0.148. The Kier molecular flexibility index (Phi) is 12.4. The summed E-state index contributed by atoms with van der Waals surface area (Å²) in [5.74, 6) is 0.501. The average molecular weight is 425 g/mol. The van der Waals surface area contributed by atoms with Crippen LogP contribution in [-0.2, 0) is 6.42 Å². The first-order valence-electron chi connectivity index (χ1n) is 12.1. The van der Waals surface area contributed by atoms with Crippen LogP contribution in [0.5, 0.6) is 5.75 Å². The lowest BCUT2D eigenvalue weighted by Gasteiger charge is -2.12. The molecule has 4 heteroatoms. The Hall–Kier alpha value is -2.33. The zero-order valence-corrected chi connectivity index (χ0v) is 19.2. The number of nitrogens with two attached hydrogens (primary N) is 1. The molecule has 3 N–H and O–H groups in total. The fourth-order valence-electron chi connectivity index (χ4n) is 3.67. The lowest BCUT2D eigenvalue weighted by atomic mass is 10.1. The van der Waals surface area contributed by atoms with E-state index in [0.29, 0.717) is 24.5 Å². The summed E-state index contributed by atoms with van der Waals surface area (Å²) in [6.07, 6.45) is 13.8. The number of unbranched alkanes of at least 4 members (excludes halogenated alkanes) is 9. The molecule has 4 nitrogen and oxygen atoms in total. The molecule has 2 aromatic carbocycles. The monoisotopic (exact) mass is 424 g/mol. The molecule has 0 saturated heterocycles. The van der Waals surface area contributed by atoms with Crippen LogP contribution in [0.15, 0.2) is 48.5 Å². The number of benzene rings is 2. The van der Waals surface area contributed by atoms with Crippen molar-refractivity contribution >= 4 is 11.6 Å². The minimum atomic E-state index is -0.148. The summed E-state index contributed by atoms with van der Waals surface area (Å²) in [7, 11) is 0. The second-order valence-electron chi connectivity index (χ2n) is 8.22. The van der Waals surface area contributed by atoms with Crippen molar-refractivity contribution in [3.8, 4) is 5.75 Å². The van der Waals surface area contributed by atoms with Gasteiger partial charge < -0.3 is 15.8 Å². The molecule has 0 aromatic heterocycles.